The molecule has 16 heavy (non-hydrogen) atoms. The van der Waals surface area contributed by atoms with Gasteiger partial charge in [-0.3, -0.25) is 4.79 Å². The molecule has 0 N–H and O–H groups in total. The second-order valence-corrected chi connectivity index (χ2v) is 4.33. The van der Waals surface area contributed by atoms with Crippen molar-refractivity contribution >= 4 is 18.0 Å². The molecule has 2 rings (SSSR count). The highest BCUT2D eigenvalue weighted by atomic mass is 32.2. The Morgan fingerprint density at radius 3 is 2.75 bits per heavy atom. The number of hydrogen-bond acceptors (Lipinski definition) is 3. The van der Waals surface area contributed by atoms with Crippen molar-refractivity contribution in [2.75, 3.05) is 0 Å². The van der Waals surface area contributed by atoms with Crippen molar-refractivity contribution in [3.8, 4) is 0 Å². The minimum atomic E-state index is -0.407. The maximum absolute atomic E-state index is 12.9. The first-order valence-corrected chi connectivity index (χ1v) is 5.49. The van der Waals surface area contributed by atoms with Crippen LogP contribution < -0.4 is 0 Å². The first kappa shape index (κ1) is 11.0. The molecule has 4 heteroatoms. The molecule has 1 heterocycles. The molecule has 82 valence electrons. The van der Waals surface area contributed by atoms with Crippen LogP contribution in [0.1, 0.15) is 16.1 Å². The Kier molecular flexibility index (Phi) is 3.10. The average molecular weight is 236 g/mol. The van der Waals surface area contributed by atoms with E-state index in [0.29, 0.717) is 11.8 Å². The minimum absolute atomic E-state index is 0.352. The smallest absolute Gasteiger partial charge is 0.151 e. The number of aldehydes is 1. The van der Waals surface area contributed by atoms with Crippen LogP contribution in [0, 0.1) is 12.7 Å². The molecule has 1 aromatic heterocycles. The number of carbonyl (C=O) groups is 1. The van der Waals surface area contributed by atoms with E-state index >= 15 is 0 Å². The van der Waals surface area contributed by atoms with E-state index in [1.165, 1.54) is 23.9 Å². The molecule has 0 bridgehead atoms. The van der Waals surface area contributed by atoms with E-state index in [1.807, 2.05) is 13.0 Å². The molecule has 0 radical (unpaired) electrons. The number of carbonyl (C=O) groups excluding carboxylic acids is 1. The van der Waals surface area contributed by atoms with Crippen LogP contribution >= 0.6 is 11.8 Å². The molecule has 0 saturated heterocycles. The molecule has 0 spiro atoms. The van der Waals surface area contributed by atoms with Gasteiger partial charge >= 0.3 is 0 Å². The largest absolute Gasteiger partial charge is 0.468 e. The third-order valence-electron chi connectivity index (χ3n) is 2.13. The number of hydrogen-bond donors (Lipinski definition) is 0. The summed E-state index contributed by atoms with van der Waals surface area (Å²) in [5.74, 6) is 0.376. The molecule has 0 aliphatic carbocycles. The van der Waals surface area contributed by atoms with E-state index < -0.39 is 5.82 Å². The van der Waals surface area contributed by atoms with Crippen molar-refractivity contribution in [2.45, 2.75) is 16.7 Å². The van der Waals surface area contributed by atoms with Gasteiger partial charge in [0.05, 0.1) is 11.2 Å². The Hall–Kier alpha value is -1.55. The predicted molar refractivity (Wildman–Crippen MR) is 59.4 cm³/mol. The van der Waals surface area contributed by atoms with Crippen molar-refractivity contribution in [1.29, 1.82) is 0 Å². The number of aryl methyl sites for hydroxylation is 1. The number of benzene rings is 1. The Morgan fingerprint density at radius 2 is 2.12 bits per heavy atom. The summed E-state index contributed by atoms with van der Waals surface area (Å²) in [4.78, 5) is 12.4. The molecule has 2 aromatic rings. The Bertz CT molecular complexity index is 519. The van der Waals surface area contributed by atoms with Crippen molar-refractivity contribution in [3.63, 3.8) is 0 Å². The fraction of sp³-hybridized carbons (Fsp3) is 0.0833. The summed E-state index contributed by atoms with van der Waals surface area (Å²) in [6.07, 6.45) is 2.24. The second-order valence-electron chi connectivity index (χ2n) is 3.24. The molecule has 1 aromatic carbocycles. The topological polar surface area (TPSA) is 30.2 Å². The summed E-state index contributed by atoms with van der Waals surface area (Å²) in [7, 11) is 0. The van der Waals surface area contributed by atoms with Gasteiger partial charge in [0.15, 0.2) is 6.29 Å². The predicted octanol–water partition coefficient (Wildman–Crippen LogP) is 3.69. The highest BCUT2D eigenvalue weighted by Gasteiger charge is 2.08. The monoisotopic (exact) mass is 236 g/mol. The van der Waals surface area contributed by atoms with Crippen LogP contribution in [-0.2, 0) is 0 Å². The molecule has 0 amide bonds. The highest BCUT2D eigenvalue weighted by molar-refractivity contribution is 7.99. The van der Waals surface area contributed by atoms with Crippen LogP contribution in [0.5, 0.6) is 0 Å². The fourth-order valence-corrected chi connectivity index (χ4v) is 2.22. The molecule has 0 aliphatic rings. The summed E-state index contributed by atoms with van der Waals surface area (Å²) in [6, 6.07) is 5.98. The Morgan fingerprint density at radius 1 is 1.31 bits per heavy atom. The molecular weight excluding hydrogens is 227 g/mol. The van der Waals surface area contributed by atoms with Crippen LogP contribution in [0.15, 0.2) is 44.7 Å². The molecule has 0 unspecified atom stereocenters. The van der Waals surface area contributed by atoms with Gasteiger partial charge < -0.3 is 4.42 Å². The summed E-state index contributed by atoms with van der Waals surface area (Å²) >= 11 is 1.39. The summed E-state index contributed by atoms with van der Waals surface area (Å²) in [5.41, 5.74) is 0.352. The first-order valence-electron chi connectivity index (χ1n) is 4.67. The van der Waals surface area contributed by atoms with Crippen LogP contribution in [-0.4, -0.2) is 6.29 Å². The lowest BCUT2D eigenvalue weighted by atomic mass is 10.2. The second kappa shape index (κ2) is 4.53. The number of halogens is 1. The van der Waals surface area contributed by atoms with Crippen molar-refractivity contribution in [3.05, 3.63) is 47.7 Å². The van der Waals surface area contributed by atoms with Gasteiger partial charge in [0.2, 0.25) is 0 Å². The molecule has 0 aliphatic heterocycles. The van der Waals surface area contributed by atoms with E-state index in [1.54, 1.807) is 12.3 Å². The third kappa shape index (κ3) is 2.17. The van der Waals surface area contributed by atoms with E-state index in [-0.39, 0.29) is 0 Å². The summed E-state index contributed by atoms with van der Waals surface area (Å²) in [5, 5.41) is 0. The van der Waals surface area contributed by atoms with Gasteiger partial charge in [-0.25, -0.2) is 4.39 Å². The lowest BCUT2D eigenvalue weighted by Crippen LogP contribution is -1.87. The van der Waals surface area contributed by atoms with Gasteiger partial charge in [-0.15, -0.1) is 0 Å². The third-order valence-corrected chi connectivity index (χ3v) is 3.37. The van der Waals surface area contributed by atoms with Gasteiger partial charge in [0.1, 0.15) is 11.6 Å². The molecular formula is C12H9FO2S. The van der Waals surface area contributed by atoms with Gasteiger partial charge in [-0.1, -0.05) is 11.8 Å². The summed E-state index contributed by atoms with van der Waals surface area (Å²) < 4.78 is 18.1. The minimum Gasteiger partial charge on any atom is -0.468 e. The Labute approximate surface area is 96.5 Å². The maximum Gasteiger partial charge on any atom is 0.151 e. The maximum atomic E-state index is 12.9. The lowest BCUT2D eigenvalue weighted by molar-refractivity contribution is 0.112. The number of furan rings is 1. The van der Waals surface area contributed by atoms with Gasteiger partial charge in [0.25, 0.3) is 0 Å². The molecule has 2 nitrogen and oxygen atoms in total. The van der Waals surface area contributed by atoms with Gasteiger partial charge in [0, 0.05) is 10.5 Å². The van der Waals surface area contributed by atoms with Gasteiger partial charge in [-0.2, -0.15) is 0 Å². The van der Waals surface area contributed by atoms with Crippen molar-refractivity contribution in [2.24, 2.45) is 0 Å². The average Bonchev–Trinajstić information content (AvgIpc) is 2.67. The van der Waals surface area contributed by atoms with Crippen LogP contribution in [0.25, 0.3) is 0 Å². The van der Waals surface area contributed by atoms with Crippen LogP contribution in [0.3, 0.4) is 0 Å². The van der Waals surface area contributed by atoms with Crippen LogP contribution in [0.2, 0.25) is 0 Å². The Balaban J connectivity index is 2.34. The lowest BCUT2D eigenvalue weighted by Gasteiger charge is -2.03. The normalized spacial score (nSPS) is 10.4. The van der Waals surface area contributed by atoms with E-state index in [9.17, 15) is 9.18 Å². The fourth-order valence-electron chi connectivity index (χ4n) is 1.30. The highest BCUT2D eigenvalue weighted by Crippen LogP contribution is 2.32. The van der Waals surface area contributed by atoms with Crippen molar-refractivity contribution < 1.29 is 13.6 Å². The summed E-state index contributed by atoms with van der Waals surface area (Å²) in [6.45, 7) is 1.84. The van der Waals surface area contributed by atoms with E-state index in [4.69, 9.17) is 4.42 Å². The molecule has 0 fully saturated rings. The molecule has 0 saturated carbocycles. The zero-order valence-corrected chi connectivity index (χ0v) is 9.38. The first-order chi connectivity index (χ1) is 7.70. The van der Waals surface area contributed by atoms with Crippen LogP contribution in [0.4, 0.5) is 4.39 Å². The quantitative estimate of drug-likeness (QED) is 0.761. The van der Waals surface area contributed by atoms with Gasteiger partial charge in [-0.05, 0) is 31.2 Å². The van der Waals surface area contributed by atoms with Crippen molar-refractivity contribution in [1.82, 2.24) is 0 Å². The van der Waals surface area contributed by atoms with E-state index in [0.717, 1.165) is 15.6 Å². The molecule has 0 atom stereocenters. The zero-order valence-electron chi connectivity index (χ0n) is 8.57. The standard InChI is InChI=1S/C12H9FO2S/c1-8-11(4-5-15-8)16-12-3-2-10(13)6-9(12)7-14/h2-7H,1H3. The van der Waals surface area contributed by atoms with E-state index in [2.05, 4.69) is 0 Å². The number of rotatable bonds is 3. The SMILES string of the molecule is Cc1occc1Sc1ccc(F)cc1C=O. The zero-order chi connectivity index (χ0) is 11.5.